The number of nitrogens with one attached hydrogen (secondary N) is 1. The molecule has 0 saturated carbocycles. The molecular formula is C9H14N2O2S. The van der Waals surface area contributed by atoms with E-state index in [1.54, 1.807) is 5.38 Å². The maximum absolute atomic E-state index is 10.6. The molecule has 2 N–H and O–H groups in total. The van der Waals surface area contributed by atoms with Crippen molar-refractivity contribution in [1.82, 2.24) is 10.3 Å². The minimum absolute atomic E-state index is 0.130. The van der Waals surface area contributed by atoms with Gasteiger partial charge in [0.05, 0.1) is 6.04 Å². The Morgan fingerprint density at radius 3 is 2.64 bits per heavy atom. The molecule has 1 rings (SSSR count). The van der Waals surface area contributed by atoms with E-state index in [0.717, 1.165) is 5.01 Å². The molecule has 14 heavy (non-hydrogen) atoms. The normalized spacial score (nSPS) is 13.1. The summed E-state index contributed by atoms with van der Waals surface area (Å²) in [6, 6.07) is 0.132. The van der Waals surface area contributed by atoms with Gasteiger partial charge in [-0.25, -0.2) is 9.78 Å². The first kappa shape index (κ1) is 11.1. The van der Waals surface area contributed by atoms with E-state index in [0.29, 0.717) is 5.92 Å². The molecule has 0 aromatic carbocycles. The van der Waals surface area contributed by atoms with Crippen LogP contribution in [0, 0.1) is 5.92 Å². The molecular weight excluding hydrogens is 200 g/mol. The van der Waals surface area contributed by atoms with Crippen LogP contribution in [0.15, 0.2) is 5.38 Å². The quantitative estimate of drug-likeness (QED) is 0.801. The molecule has 78 valence electrons. The second-order valence-corrected chi connectivity index (χ2v) is 4.28. The van der Waals surface area contributed by atoms with E-state index >= 15 is 0 Å². The fourth-order valence-corrected chi connectivity index (χ4v) is 2.34. The molecule has 1 aromatic heterocycles. The third kappa shape index (κ3) is 2.30. The Morgan fingerprint density at radius 2 is 2.29 bits per heavy atom. The summed E-state index contributed by atoms with van der Waals surface area (Å²) in [5.41, 5.74) is 0.130. The number of carboxylic acid groups (broad SMARTS) is 1. The molecule has 1 aromatic rings. The third-order valence-corrected chi connectivity index (χ3v) is 2.91. The highest BCUT2D eigenvalue weighted by Gasteiger charge is 2.18. The fraction of sp³-hybridized carbons (Fsp3) is 0.556. The second kappa shape index (κ2) is 4.52. The average molecular weight is 214 g/mol. The maximum Gasteiger partial charge on any atom is 0.355 e. The number of hydrogen-bond donors (Lipinski definition) is 2. The number of thiazole rings is 1. The zero-order valence-corrected chi connectivity index (χ0v) is 9.26. The summed E-state index contributed by atoms with van der Waals surface area (Å²) in [5.74, 6) is -0.570. The van der Waals surface area contributed by atoms with Gasteiger partial charge in [0.2, 0.25) is 0 Å². The van der Waals surface area contributed by atoms with Gasteiger partial charge in [0.25, 0.3) is 0 Å². The SMILES string of the molecule is CNC(c1nc(C(=O)O)cs1)C(C)C. The number of carboxylic acids is 1. The minimum Gasteiger partial charge on any atom is -0.476 e. The standard InChI is InChI=1S/C9H14N2O2S/c1-5(2)7(10-3)8-11-6(4-14-8)9(12)13/h4-5,7,10H,1-3H3,(H,12,13). The second-order valence-electron chi connectivity index (χ2n) is 3.39. The van der Waals surface area contributed by atoms with Crippen molar-refractivity contribution in [2.75, 3.05) is 7.05 Å². The van der Waals surface area contributed by atoms with Crippen LogP contribution in [-0.2, 0) is 0 Å². The van der Waals surface area contributed by atoms with Crippen LogP contribution in [0.2, 0.25) is 0 Å². The van der Waals surface area contributed by atoms with Gasteiger partial charge < -0.3 is 10.4 Å². The summed E-state index contributed by atoms with van der Waals surface area (Å²) < 4.78 is 0. The van der Waals surface area contributed by atoms with E-state index in [-0.39, 0.29) is 11.7 Å². The van der Waals surface area contributed by atoms with Crippen molar-refractivity contribution in [3.8, 4) is 0 Å². The van der Waals surface area contributed by atoms with Gasteiger partial charge >= 0.3 is 5.97 Å². The Kier molecular flexibility index (Phi) is 3.60. The molecule has 1 heterocycles. The van der Waals surface area contributed by atoms with Crippen molar-refractivity contribution < 1.29 is 9.90 Å². The molecule has 0 radical (unpaired) electrons. The number of aromatic carboxylic acids is 1. The topological polar surface area (TPSA) is 62.2 Å². The first-order chi connectivity index (χ1) is 6.56. The van der Waals surface area contributed by atoms with Crippen LogP contribution in [-0.4, -0.2) is 23.1 Å². The number of carbonyl (C=O) groups is 1. The highest BCUT2D eigenvalue weighted by atomic mass is 32.1. The lowest BCUT2D eigenvalue weighted by Gasteiger charge is -2.16. The molecule has 0 aliphatic heterocycles. The first-order valence-corrected chi connectivity index (χ1v) is 5.30. The lowest BCUT2D eigenvalue weighted by molar-refractivity contribution is 0.0691. The Hall–Kier alpha value is -0.940. The molecule has 1 unspecified atom stereocenters. The van der Waals surface area contributed by atoms with Crippen LogP contribution in [0.5, 0.6) is 0 Å². The van der Waals surface area contributed by atoms with Crippen molar-refractivity contribution in [2.24, 2.45) is 5.92 Å². The van der Waals surface area contributed by atoms with Crippen LogP contribution < -0.4 is 5.32 Å². The predicted molar refractivity (Wildman–Crippen MR) is 55.7 cm³/mol. The van der Waals surface area contributed by atoms with Gasteiger partial charge in [0.1, 0.15) is 5.01 Å². The number of rotatable bonds is 4. The summed E-state index contributed by atoms with van der Waals surface area (Å²) in [4.78, 5) is 14.7. The number of nitrogens with zero attached hydrogens (tertiary/aromatic N) is 1. The molecule has 0 bridgehead atoms. The van der Waals surface area contributed by atoms with Gasteiger partial charge in [-0.3, -0.25) is 0 Å². The average Bonchev–Trinajstić information content (AvgIpc) is 2.53. The Morgan fingerprint density at radius 1 is 1.64 bits per heavy atom. The Bertz CT molecular complexity index is 322. The van der Waals surface area contributed by atoms with Crippen molar-refractivity contribution >= 4 is 17.3 Å². The molecule has 0 spiro atoms. The highest BCUT2D eigenvalue weighted by molar-refractivity contribution is 7.09. The third-order valence-electron chi connectivity index (χ3n) is 1.98. The van der Waals surface area contributed by atoms with Gasteiger partial charge in [-0.1, -0.05) is 13.8 Å². The van der Waals surface area contributed by atoms with E-state index in [1.807, 2.05) is 7.05 Å². The largest absolute Gasteiger partial charge is 0.476 e. The van der Waals surface area contributed by atoms with Crippen molar-refractivity contribution in [3.05, 3.63) is 16.1 Å². The monoisotopic (exact) mass is 214 g/mol. The van der Waals surface area contributed by atoms with Crippen LogP contribution in [0.1, 0.15) is 35.4 Å². The van der Waals surface area contributed by atoms with Gasteiger partial charge in [-0.15, -0.1) is 11.3 Å². The summed E-state index contributed by atoms with van der Waals surface area (Å²) in [5, 5.41) is 14.2. The van der Waals surface area contributed by atoms with Gasteiger partial charge in [0.15, 0.2) is 5.69 Å². The molecule has 5 heteroatoms. The molecule has 1 atom stereocenters. The molecule has 4 nitrogen and oxygen atoms in total. The predicted octanol–water partition coefficient (Wildman–Crippen LogP) is 1.76. The molecule has 0 aliphatic rings. The highest BCUT2D eigenvalue weighted by Crippen LogP contribution is 2.24. The molecule has 0 fully saturated rings. The summed E-state index contributed by atoms with van der Waals surface area (Å²) in [6.45, 7) is 4.14. The smallest absolute Gasteiger partial charge is 0.355 e. The lowest BCUT2D eigenvalue weighted by atomic mass is 10.1. The zero-order valence-electron chi connectivity index (χ0n) is 8.44. The van der Waals surface area contributed by atoms with E-state index < -0.39 is 5.97 Å². The van der Waals surface area contributed by atoms with Crippen molar-refractivity contribution in [2.45, 2.75) is 19.9 Å². The van der Waals surface area contributed by atoms with Crippen LogP contribution in [0.4, 0.5) is 0 Å². The number of hydrogen-bond acceptors (Lipinski definition) is 4. The van der Waals surface area contributed by atoms with E-state index in [4.69, 9.17) is 5.11 Å². The van der Waals surface area contributed by atoms with Crippen molar-refractivity contribution in [1.29, 1.82) is 0 Å². The van der Waals surface area contributed by atoms with E-state index in [9.17, 15) is 4.79 Å². The first-order valence-electron chi connectivity index (χ1n) is 4.42. The van der Waals surface area contributed by atoms with Crippen LogP contribution >= 0.6 is 11.3 Å². The van der Waals surface area contributed by atoms with Gasteiger partial charge in [0, 0.05) is 5.38 Å². The fourth-order valence-electron chi connectivity index (χ4n) is 1.27. The summed E-state index contributed by atoms with van der Waals surface area (Å²) in [6.07, 6.45) is 0. The Balaban J connectivity index is 2.89. The number of aromatic nitrogens is 1. The zero-order chi connectivity index (χ0) is 10.7. The van der Waals surface area contributed by atoms with Gasteiger partial charge in [-0.2, -0.15) is 0 Å². The van der Waals surface area contributed by atoms with Crippen LogP contribution in [0.3, 0.4) is 0 Å². The molecule has 0 saturated heterocycles. The minimum atomic E-state index is -0.967. The summed E-state index contributed by atoms with van der Waals surface area (Å²) >= 11 is 1.38. The lowest BCUT2D eigenvalue weighted by Crippen LogP contribution is -2.21. The Labute approximate surface area is 87.0 Å². The molecule has 0 amide bonds. The van der Waals surface area contributed by atoms with Gasteiger partial charge in [-0.05, 0) is 13.0 Å². The van der Waals surface area contributed by atoms with Crippen molar-refractivity contribution in [3.63, 3.8) is 0 Å². The molecule has 0 aliphatic carbocycles. The maximum atomic E-state index is 10.6. The van der Waals surface area contributed by atoms with Crippen LogP contribution in [0.25, 0.3) is 0 Å². The van der Waals surface area contributed by atoms with E-state index in [1.165, 1.54) is 11.3 Å². The summed E-state index contributed by atoms with van der Waals surface area (Å²) in [7, 11) is 1.85. The van der Waals surface area contributed by atoms with E-state index in [2.05, 4.69) is 24.1 Å².